The van der Waals surface area contributed by atoms with Crippen molar-refractivity contribution in [2.24, 2.45) is 5.92 Å². The molecular formula is C18H27N3O2S. The number of likely N-dealkylation sites (tertiary alicyclic amines) is 1. The standard InChI is InChI=1S/C18H27N3O2S/c1-13(16-7-4-10-24-16)18(23)21-9-3-5-14(12-21)11-20-17(22)15-6-2-8-19-15/h4,7,10,13-15,19H,2-3,5-6,8-9,11-12H2,1H3,(H,20,22)/t13-,14+,15-/m0/s1. The summed E-state index contributed by atoms with van der Waals surface area (Å²) < 4.78 is 0. The molecule has 0 bridgehead atoms. The Morgan fingerprint density at radius 1 is 1.42 bits per heavy atom. The summed E-state index contributed by atoms with van der Waals surface area (Å²) >= 11 is 1.64. The Morgan fingerprint density at radius 3 is 3.00 bits per heavy atom. The smallest absolute Gasteiger partial charge is 0.237 e. The number of carbonyl (C=O) groups is 2. The Hall–Kier alpha value is -1.40. The summed E-state index contributed by atoms with van der Waals surface area (Å²) in [6, 6.07) is 4.00. The Kier molecular flexibility index (Phi) is 5.89. The van der Waals surface area contributed by atoms with E-state index >= 15 is 0 Å². The second-order valence-corrected chi connectivity index (χ2v) is 7.90. The van der Waals surface area contributed by atoms with Gasteiger partial charge in [0.05, 0.1) is 12.0 Å². The average molecular weight is 350 g/mol. The summed E-state index contributed by atoms with van der Waals surface area (Å²) in [6.45, 7) is 5.19. The molecule has 6 heteroatoms. The van der Waals surface area contributed by atoms with Gasteiger partial charge in [-0.3, -0.25) is 9.59 Å². The zero-order valence-corrected chi connectivity index (χ0v) is 15.1. The zero-order valence-electron chi connectivity index (χ0n) is 14.3. The van der Waals surface area contributed by atoms with Crippen LogP contribution in [0, 0.1) is 5.92 Å². The van der Waals surface area contributed by atoms with Gasteiger partial charge in [0.1, 0.15) is 0 Å². The van der Waals surface area contributed by atoms with E-state index in [0.717, 1.165) is 50.2 Å². The summed E-state index contributed by atoms with van der Waals surface area (Å²) in [6.07, 6.45) is 4.10. The molecule has 2 N–H and O–H groups in total. The molecule has 1 aromatic heterocycles. The van der Waals surface area contributed by atoms with Crippen LogP contribution < -0.4 is 10.6 Å². The van der Waals surface area contributed by atoms with Crippen molar-refractivity contribution in [1.29, 1.82) is 0 Å². The highest BCUT2D eigenvalue weighted by Gasteiger charge is 2.29. The molecule has 0 aromatic carbocycles. The molecule has 3 atom stereocenters. The van der Waals surface area contributed by atoms with Gasteiger partial charge in [-0.2, -0.15) is 0 Å². The van der Waals surface area contributed by atoms with Gasteiger partial charge >= 0.3 is 0 Å². The molecule has 0 unspecified atom stereocenters. The fourth-order valence-electron chi connectivity index (χ4n) is 3.64. The molecule has 2 fully saturated rings. The van der Waals surface area contributed by atoms with E-state index in [4.69, 9.17) is 0 Å². The van der Waals surface area contributed by atoms with Crippen LogP contribution in [0.4, 0.5) is 0 Å². The monoisotopic (exact) mass is 349 g/mol. The maximum Gasteiger partial charge on any atom is 0.237 e. The van der Waals surface area contributed by atoms with E-state index in [0.29, 0.717) is 12.5 Å². The minimum absolute atomic E-state index is 0.0230. The van der Waals surface area contributed by atoms with Crippen LogP contribution in [0.25, 0.3) is 0 Å². The second-order valence-electron chi connectivity index (χ2n) is 6.92. The average Bonchev–Trinajstić information content (AvgIpc) is 3.32. The molecule has 5 nitrogen and oxygen atoms in total. The lowest BCUT2D eigenvalue weighted by Crippen LogP contribution is -2.47. The number of rotatable bonds is 5. The van der Waals surface area contributed by atoms with Crippen molar-refractivity contribution in [1.82, 2.24) is 15.5 Å². The number of hydrogen-bond donors (Lipinski definition) is 2. The van der Waals surface area contributed by atoms with Gasteiger partial charge in [-0.05, 0) is 56.5 Å². The van der Waals surface area contributed by atoms with E-state index in [1.54, 1.807) is 11.3 Å². The van der Waals surface area contributed by atoms with Crippen LogP contribution in [0.15, 0.2) is 17.5 Å². The molecule has 0 spiro atoms. The lowest BCUT2D eigenvalue weighted by atomic mass is 9.96. The maximum absolute atomic E-state index is 12.7. The Morgan fingerprint density at radius 2 is 2.29 bits per heavy atom. The third-order valence-corrected chi connectivity index (χ3v) is 6.17. The van der Waals surface area contributed by atoms with Gasteiger partial charge in [0, 0.05) is 24.5 Å². The van der Waals surface area contributed by atoms with Crippen molar-refractivity contribution < 1.29 is 9.59 Å². The third-order valence-electron chi connectivity index (χ3n) is 5.11. The van der Waals surface area contributed by atoms with Crippen molar-refractivity contribution in [3.63, 3.8) is 0 Å². The van der Waals surface area contributed by atoms with Crippen LogP contribution in [-0.2, 0) is 9.59 Å². The number of thiophene rings is 1. The second kappa shape index (κ2) is 8.12. The molecule has 3 rings (SSSR count). The largest absolute Gasteiger partial charge is 0.354 e. The first kappa shape index (κ1) is 17.4. The van der Waals surface area contributed by atoms with Crippen LogP contribution in [0.5, 0.6) is 0 Å². The highest BCUT2D eigenvalue weighted by atomic mass is 32.1. The van der Waals surface area contributed by atoms with Gasteiger partial charge in [-0.1, -0.05) is 6.07 Å². The molecule has 24 heavy (non-hydrogen) atoms. The Labute approximate surface area is 147 Å². The number of hydrogen-bond acceptors (Lipinski definition) is 4. The number of piperidine rings is 1. The van der Waals surface area contributed by atoms with Crippen molar-refractivity contribution >= 4 is 23.2 Å². The van der Waals surface area contributed by atoms with Gasteiger partial charge in [0.15, 0.2) is 0 Å². The fraction of sp³-hybridized carbons (Fsp3) is 0.667. The Bertz CT molecular complexity index is 555. The SMILES string of the molecule is C[C@H](C(=O)N1CCC[C@H](CNC(=O)[C@@H]2CCCN2)C1)c1cccs1. The first-order valence-electron chi connectivity index (χ1n) is 8.98. The van der Waals surface area contributed by atoms with Crippen LogP contribution in [-0.4, -0.2) is 48.9 Å². The van der Waals surface area contributed by atoms with E-state index in [1.807, 2.05) is 29.3 Å². The number of nitrogens with one attached hydrogen (secondary N) is 2. The van der Waals surface area contributed by atoms with Crippen molar-refractivity contribution in [2.75, 3.05) is 26.2 Å². The minimum atomic E-state index is -0.0685. The van der Waals surface area contributed by atoms with Gasteiger partial charge in [0.25, 0.3) is 0 Å². The van der Waals surface area contributed by atoms with Crippen molar-refractivity contribution in [2.45, 2.75) is 44.6 Å². The van der Waals surface area contributed by atoms with Gasteiger partial charge in [0.2, 0.25) is 11.8 Å². The van der Waals surface area contributed by atoms with Crippen molar-refractivity contribution in [3.8, 4) is 0 Å². The quantitative estimate of drug-likeness (QED) is 0.854. The van der Waals surface area contributed by atoms with Gasteiger partial charge < -0.3 is 15.5 Å². The summed E-state index contributed by atoms with van der Waals surface area (Å²) in [5.74, 6) is 0.624. The first-order chi connectivity index (χ1) is 11.6. The van der Waals surface area contributed by atoms with Gasteiger partial charge in [-0.15, -0.1) is 11.3 Å². The molecule has 3 heterocycles. The van der Waals surface area contributed by atoms with E-state index in [1.165, 1.54) is 0 Å². The van der Waals surface area contributed by atoms with Crippen LogP contribution in [0.3, 0.4) is 0 Å². The highest BCUT2D eigenvalue weighted by molar-refractivity contribution is 7.10. The predicted molar refractivity (Wildman–Crippen MR) is 96.1 cm³/mol. The van der Waals surface area contributed by atoms with Crippen molar-refractivity contribution in [3.05, 3.63) is 22.4 Å². The van der Waals surface area contributed by atoms with E-state index in [2.05, 4.69) is 10.6 Å². The topological polar surface area (TPSA) is 61.4 Å². The summed E-state index contributed by atoms with van der Waals surface area (Å²) in [7, 11) is 0. The highest BCUT2D eigenvalue weighted by Crippen LogP contribution is 2.25. The third kappa shape index (κ3) is 4.16. The van der Waals surface area contributed by atoms with Crippen LogP contribution >= 0.6 is 11.3 Å². The molecule has 2 aliphatic rings. The molecule has 2 aliphatic heterocycles. The number of carbonyl (C=O) groups excluding carboxylic acids is 2. The molecular weight excluding hydrogens is 322 g/mol. The molecule has 2 amide bonds. The number of nitrogens with zero attached hydrogens (tertiary/aromatic N) is 1. The van der Waals surface area contributed by atoms with E-state index in [-0.39, 0.29) is 23.8 Å². The lowest BCUT2D eigenvalue weighted by Gasteiger charge is -2.34. The molecule has 0 radical (unpaired) electrons. The van der Waals surface area contributed by atoms with Crippen LogP contribution in [0.1, 0.15) is 43.4 Å². The maximum atomic E-state index is 12.7. The number of amides is 2. The molecule has 132 valence electrons. The fourth-order valence-corrected chi connectivity index (χ4v) is 4.42. The molecule has 2 saturated heterocycles. The predicted octanol–water partition coefficient (Wildman–Crippen LogP) is 1.96. The molecule has 0 aliphatic carbocycles. The molecule has 1 aromatic rings. The first-order valence-corrected chi connectivity index (χ1v) is 9.86. The summed E-state index contributed by atoms with van der Waals surface area (Å²) in [5.41, 5.74) is 0. The van der Waals surface area contributed by atoms with Crippen LogP contribution in [0.2, 0.25) is 0 Å². The van der Waals surface area contributed by atoms with E-state index < -0.39 is 0 Å². The summed E-state index contributed by atoms with van der Waals surface area (Å²) in [5, 5.41) is 8.32. The molecule has 0 saturated carbocycles. The van der Waals surface area contributed by atoms with E-state index in [9.17, 15) is 9.59 Å². The minimum Gasteiger partial charge on any atom is -0.354 e. The summed E-state index contributed by atoms with van der Waals surface area (Å²) in [4.78, 5) is 28.0. The zero-order chi connectivity index (χ0) is 16.9. The van der Waals surface area contributed by atoms with Gasteiger partial charge in [-0.25, -0.2) is 0 Å². The normalized spacial score (nSPS) is 25.5. The lowest BCUT2D eigenvalue weighted by molar-refractivity contribution is -0.134. The Balaban J connectivity index is 1.48.